The Bertz CT molecular complexity index is 460. The SMILES string of the molecule is CC(C)n1cc(-c2cc(N)cnn2)cn1. The molecule has 5 nitrogen and oxygen atoms in total. The van der Waals surface area contributed by atoms with Crippen LogP contribution < -0.4 is 5.73 Å². The van der Waals surface area contributed by atoms with E-state index in [4.69, 9.17) is 5.73 Å². The van der Waals surface area contributed by atoms with Gasteiger partial charge in [0.2, 0.25) is 0 Å². The number of nitrogen functional groups attached to an aromatic ring is 1. The third-order valence-corrected chi connectivity index (χ3v) is 2.10. The van der Waals surface area contributed by atoms with Crippen molar-refractivity contribution in [3.63, 3.8) is 0 Å². The van der Waals surface area contributed by atoms with Gasteiger partial charge < -0.3 is 5.73 Å². The van der Waals surface area contributed by atoms with Crippen molar-refractivity contribution >= 4 is 5.69 Å². The van der Waals surface area contributed by atoms with E-state index in [1.165, 1.54) is 6.20 Å². The summed E-state index contributed by atoms with van der Waals surface area (Å²) < 4.78 is 1.88. The summed E-state index contributed by atoms with van der Waals surface area (Å²) in [7, 11) is 0. The maximum Gasteiger partial charge on any atom is 0.0981 e. The molecule has 0 saturated carbocycles. The Balaban J connectivity index is 2.37. The first kappa shape index (κ1) is 9.64. The summed E-state index contributed by atoms with van der Waals surface area (Å²) >= 11 is 0. The van der Waals surface area contributed by atoms with Crippen LogP contribution in [0.15, 0.2) is 24.7 Å². The van der Waals surface area contributed by atoms with E-state index in [0.717, 1.165) is 11.3 Å². The summed E-state index contributed by atoms with van der Waals surface area (Å²) in [5.41, 5.74) is 7.93. The zero-order valence-corrected chi connectivity index (χ0v) is 8.75. The van der Waals surface area contributed by atoms with Gasteiger partial charge in [0.25, 0.3) is 0 Å². The average Bonchev–Trinajstić information content (AvgIpc) is 2.66. The Morgan fingerprint density at radius 2 is 2.13 bits per heavy atom. The molecule has 15 heavy (non-hydrogen) atoms. The Hall–Kier alpha value is -1.91. The van der Waals surface area contributed by atoms with Crippen molar-refractivity contribution in [3.05, 3.63) is 24.7 Å². The number of rotatable bonds is 2. The molecule has 0 saturated heterocycles. The first-order chi connectivity index (χ1) is 7.16. The van der Waals surface area contributed by atoms with Gasteiger partial charge in [-0.1, -0.05) is 0 Å². The first-order valence-corrected chi connectivity index (χ1v) is 4.79. The fourth-order valence-electron chi connectivity index (χ4n) is 1.28. The highest BCUT2D eigenvalue weighted by atomic mass is 15.3. The molecule has 78 valence electrons. The molecule has 0 aliphatic heterocycles. The largest absolute Gasteiger partial charge is 0.397 e. The molecule has 0 spiro atoms. The minimum atomic E-state index is 0.341. The predicted molar refractivity (Wildman–Crippen MR) is 58.1 cm³/mol. The molecule has 2 N–H and O–H groups in total. The third-order valence-electron chi connectivity index (χ3n) is 2.10. The van der Waals surface area contributed by atoms with E-state index < -0.39 is 0 Å². The lowest BCUT2D eigenvalue weighted by molar-refractivity contribution is 0.532. The second-order valence-electron chi connectivity index (χ2n) is 3.68. The summed E-state index contributed by atoms with van der Waals surface area (Å²) in [6.07, 6.45) is 5.23. The molecule has 5 heteroatoms. The smallest absolute Gasteiger partial charge is 0.0981 e. The lowest BCUT2D eigenvalue weighted by atomic mass is 10.2. The van der Waals surface area contributed by atoms with Gasteiger partial charge in [-0.3, -0.25) is 4.68 Å². The monoisotopic (exact) mass is 203 g/mol. The molecule has 0 bridgehead atoms. The zero-order chi connectivity index (χ0) is 10.8. The van der Waals surface area contributed by atoms with E-state index in [0.29, 0.717) is 11.7 Å². The van der Waals surface area contributed by atoms with Gasteiger partial charge in [-0.15, -0.1) is 0 Å². The predicted octanol–water partition coefficient (Wildman–Crippen LogP) is 1.50. The average molecular weight is 203 g/mol. The van der Waals surface area contributed by atoms with Crippen molar-refractivity contribution in [2.45, 2.75) is 19.9 Å². The molecule has 0 aliphatic rings. The molecule has 0 aromatic carbocycles. The van der Waals surface area contributed by atoms with Crippen LogP contribution in [0.3, 0.4) is 0 Å². The Kier molecular flexibility index (Phi) is 2.37. The number of nitrogens with zero attached hydrogens (tertiary/aromatic N) is 4. The molecule has 2 aromatic heterocycles. The van der Waals surface area contributed by atoms with Crippen LogP contribution in [0.1, 0.15) is 19.9 Å². The quantitative estimate of drug-likeness (QED) is 0.803. The lowest BCUT2D eigenvalue weighted by Crippen LogP contribution is -1.99. The fourth-order valence-corrected chi connectivity index (χ4v) is 1.28. The highest BCUT2D eigenvalue weighted by Crippen LogP contribution is 2.18. The van der Waals surface area contributed by atoms with Crippen molar-refractivity contribution in [2.24, 2.45) is 0 Å². The van der Waals surface area contributed by atoms with E-state index in [1.807, 2.05) is 10.9 Å². The van der Waals surface area contributed by atoms with Gasteiger partial charge in [0, 0.05) is 17.8 Å². The van der Waals surface area contributed by atoms with Crippen molar-refractivity contribution in [1.82, 2.24) is 20.0 Å². The molecule has 0 atom stereocenters. The molecule has 0 fully saturated rings. The van der Waals surface area contributed by atoms with E-state index in [1.54, 1.807) is 12.3 Å². The van der Waals surface area contributed by atoms with Gasteiger partial charge in [-0.2, -0.15) is 15.3 Å². The standard InChI is InChI=1S/C10H13N5/c1-7(2)15-6-8(4-13-15)10-3-9(11)5-12-14-10/h3-7H,1-2H3,(H2,11,14). The van der Waals surface area contributed by atoms with Crippen LogP contribution in [-0.4, -0.2) is 20.0 Å². The maximum absolute atomic E-state index is 5.63. The Morgan fingerprint density at radius 3 is 2.73 bits per heavy atom. The second kappa shape index (κ2) is 3.68. The number of anilines is 1. The van der Waals surface area contributed by atoms with Gasteiger partial charge >= 0.3 is 0 Å². The first-order valence-electron chi connectivity index (χ1n) is 4.79. The molecule has 0 amide bonds. The molecule has 0 aliphatic carbocycles. The number of aromatic nitrogens is 4. The van der Waals surface area contributed by atoms with Crippen molar-refractivity contribution < 1.29 is 0 Å². The van der Waals surface area contributed by atoms with E-state index in [-0.39, 0.29) is 0 Å². The minimum absolute atomic E-state index is 0.341. The topological polar surface area (TPSA) is 69.6 Å². The Morgan fingerprint density at radius 1 is 1.33 bits per heavy atom. The van der Waals surface area contributed by atoms with Crippen LogP contribution in [0.25, 0.3) is 11.3 Å². The van der Waals surface area contributed by atoms with Crippen LogP contribution in [-0.2, 0) is 0 Å². The molecule has 0 radical (unpaired) electrons. The molecule has 2 heterocycles. The number of hydrogen-bond acceptors (Lipinski definition) is 4. The maximum atomic E-state index is 5.63. The highest BCUT2D eigenvalue weighted by molar-refractivity contribution is 5.60. The van der Waals surface area contributed by atoms with Crippen LogP contribution in [0.5, 0.6) is 0 Å². The van der Waals surface area contributed by atoms with Gasteiger partial charge in [0.05, 0.1) is 23.8 Å². The third kappa shape index (κ3) is 1.96. The van der Waals surface area contributed by atoms with Crippen molar-refractivity contribution in [3.8, 4) is 11.3 Å². The van der Waals surface area contributed by atoms with Gasteiger partial charge in [0.1, 0.15) is 0 Å². The summed E-state index contributed by atoms with van der Waals surface area (Å²) in [5.74, 6) is 0. The zero-order valence-electron chi connectivity index (χ0n) is 8.75. The van der Waals surface area contributed by atoms with Crippen LogP contribution >= 0.6 is 0 Å². The summed E-state index contributed by atoms with van der Waals surface area (Å²) in [6.45, 7) is 4.14. The number of nitrogens with two attached hydrogens (primary N) is 1. The summed E-state index contributed by atoms with van der Waals surface area (Å²) in [5, 5.41) is 12.0. The molecular weight excluding hydrogens is 190 g/mol. The van der Waals surface area contributed by atoms with E-state index in [9.17, 15) is 0 Å². The summed E-state index contributed by atoms with van der Waals surface area (Å²) in [6, 6.07) is 2.13. The lowest BCUT2D eigenvalue weighted by Gasteiger charge is -2.02. The molecule has 2 rings (SSSR count). The highest BCUT2D eigenvalue weighted by Gasteiger charge is 2.05. The normalized spacial score (nSPS) is 10.9. The Labute approximate surface area is 87.9 Å². The van der Waals surface area contributed by atoms with Crippen LogP contribution in [0.2, 0.25) is 0 Å². The molecule has 0 unspecified atom stereocenters. The van der Waals surface area contributed by atoms with Crippen LogP contribution in [0, 0.1) is 0 Å². The molecular formula is C10H13N5. The van der Waals surface area contributed by atoms with Crippen molar-refractivity contribution in [1.29, 1.82) is 0 Å². The van der Waals surface area contributed by atoms with Crippen molar-refractivity contribution in [2.75, 3.05) is 5.73 Å². The van der Waals surface area contributed by atoms with E-state index >= 15 is 0 Å². The fraction of sp³-hybridized carbons (Fsp3) is 0.300. The van der Waals surface area contributed by atoms with Gasteiger partial charge in [0.15, 0.2) is 0 Å². The summed E-state index contributed by atoms with van der Waals surface area (Å²) in [4.78, 5) is 0. The van der Waals surface area contributed by atoms with Crippen LogP contribution in [0.4, 0.5) is 5.69 Å². The van der Waals surface area contributed by atoms with Gasteiger partial charge in [-0.25, -0.2) is 0 Å². The van der Waals surface area contributed by atoms with E-state index in [2.05, 4.69) is 29.1 Å². The second-order valence-corrected chi connectivity index (χ2v) is 3.68. The molecule has 2 aromatic rings. The minimum Gasteiger partial charge on any atom is -0.397 e. The van der Waals surface area contributed by atoms with Gasteiger partial charge in [-0.05, 0) is 19.9 Å². The number of hydrogen-bond donors (Lipinski definition) is 1.